The van der Waals surface area contributed by atoms with Gasteiger partial charge in [-0.05, 0) is 83.6 Å². The Hall–Kier alpha value is 0.524. The van der Waals surface area contributed by atoms with E-state index >= 15 is 0 Å². The molecule has 18 heteroatoms. The third-order valence-corrected chi connectivity index (χ3v) is 28.2. The number of esters is 2. The van der Waals surface area contributed by atoms with Crippen LogP contribution in [0.4, 0.5) is 0 Å². The van der Waals surface area contributed by atoms with Crippen LogP contribution in [-0.2, 0) is 60.9 Å². The number of hydrogen-bond acceptors (Lipinski definition) is 11. The normalized spacial score (nSPS) is 24.4. The number of rotatable bonds is 21. The summed E-state index contributed by atoms with van der Waals surface area (Å²) in [4.78, 5) is 37.9. The Kier molecular flexibility index (Phi) is 18.0. The summed E-state index contributed by atoms with van der Waals surface area (Å²) < 4.78 is 43.3. The fourth-order valence-corrected chi connectivity index (χ4v) is 28.4. The van der Waals surface area contributed by atoms with Crippen molar-refractivity contribution in [3.63, 3.8) is 0 Å². The van der Waals surface area contributed by atoms with Crippen LogP contribution in [-0.4, -0.2) is 80.6 Å². The van der Waals surface area contributed by atoms with Crippen LogP contribution in [0, 0.1) is 23.7 Å². The number of carbonyl (C=O) groups excluding carboxylic acids is 2. The minimum Gasteiger partial charge on any atom is -0.620 e. The monoisotopic (exact) mass is 803 g/mol. The summed E-state index contributed by atoms with van der Waals surface area (Å²) in [5.74, 6) is -0.295. The maximum absolute atomic E-state index is 13.3. The molecule has 6 atom stereocenters. The maximum Gasteiger partial charge on any atom is 0.360 e. The molecule has 273 valence electrons. The van der Waals surface area contributed by atoms with E-state index in [9.17, 15) is 14.5 Å². The second-order valence-electron chi connectivity index (χ2n) is 15.6. The van der Waals surface area contributed by atoms with Gasteiger partial charge in [0.25, 0.3) is 0 Å². The molecule has 47 heavy (non-hydrogen) atoms. The predicted octanol–water partition coefficient (Wildman–Crippen LogP) is 6.50. The highest BCUT2D eigenvalue weighted by Gasteiger charge is 2.49. The van der Waals surface area contributed by atoms with E-state index in [1.807, 2.05) is 33.5 Å². The molecule has 1 saturated carbocycles. The van der Waals surface area contributed by atoms with Gasteiger partial charge in [-0.15, -0.1) is 0 Å². The van der Waals surface area contributed by atoms with Gasteiger partial charge in [-0.25, -0.2) is 0 Å². The Bertz CT molecular complexity index is 1080. The van der Waals surface area contributed by atoms with E-state index in [1.165, 1.54) is 0 Å². The first kappa shape index (κ1) is 43.7. The first-order valence-corrected chi connectivity index (χ1v) is 34.4. The van der Waals surface area contributed by atoms with Crippen LogP contribution in [0.15, 0.2) is 0 Å². The van der Waals surface area contributed by atoms with Crippen LogP contribution in [0.2, 0.25) is 71.0 Å². The number of hydrogen-bond donors (Lipinski definition) is 0. The van der Waals surface area contributed by atoms with Gasteiger partial charge in [0.2, 0.25) is 6.29 Å². The lowest BCUT2D eigenvalue weighted by molar-refractivity contribution is -0.153. The molecule has 2 rings (SSSR count). The molecule has 10 nitrogen and oxygen atoms in total. The molecule has 0 amide bonds. The molecule has 0 aromatic rings. The molecule has 1 heterocycles. The van der Waals surface area contributed by atoms with Gasteiger partial charge in [0.1, 0.15) is 29.2 Å². The Morgan fingerprint density at radius 3 is 1.91 bits per heavy atom. The lowest BCUT2D eigenvalue weighted by Crippen LogP contribution is -2.59. The van der Waals surface area contributed by atoms with Crippen LogP contribution in [0.5, 0.6) is 0 Å². The molecular weight excluding hydrogens is 744 g/mol. The van der Waals surface area contributed by atoms with E-state index in [0.29, 0.717) is 43.3 Å². The third-order valence-electron chi connectivity index (χ3n) is 8.01. The van der Waals surface area contributed by atoms with Gasteiger partial charge < -0.3 is 35.6 Å². The second-order valence-corrected chi connectivity index (χ2v) is 37.9. The van der Waals surface area contributed by atoms with Crippen LogP contribution in [0.3, 0.4) is 0 Å². The van der Waals surface area contributed by atoms with Gasteiger partial charge >= 0.3 is 38.3 Å². The summed E-state index contributed by atoms with van der Waals surface area (Å²) in [6, 6.07) is 0.799. The molecule has 2 fully saturated rings. The smallest absolute Gasteiger partial charge is 0.360 e. The van der Waals surface area contributed by atoms with Crippen molar-refractivity contribution in [3.8, 4) is 0 Å². The molecule has 1 saturated heterocycles. The second kappa shape index (κ2) is 19.4. The van der Waals surface area contributed by atoms with E-state index in [1.54, 1.807) is 0 Å². The summed E-state index contributed by atoms with van der Waals surface area (Å²) in [5.41, 5.74) is 0. The van der Waals surface area contributed by atoms with Crippen molar-refractivity contribution in [2.24, 2.45) is 23.7 Å². The fourth-order valence-electron chi connectivity index (χ4n) is 6.30. The summed E-state index contributed by atoms with van der Waals surface area (Å²) in [6.45, 7) is 22.0. The zero-order valence-electron chi connectivity index (χ0n) is 30.5. The molecule has 0 aromatic heterocycles. The lowest BCUT2D eigenvalue weighted by atomic mass is 9.79. The minimum absolute atomic E-state index is 0.248. The lowest BCUT2D eigenvalue weighted by Gasteiger charge is -2.42. The van der Waals surface area contributed by atoms with Crippen molar-refractivity contribution in [2.45, 2.75) is 130 Å². The molecule has 0 spiro atoms. The van der Waals surface area contributed by atoms with Crippen LogP contribution in [0.25, 0.3) is 0 Å². The van der Waals surface area contributed by atoms with Crippen molar-refractivity contribution < 1.29 is 45.2 Å². The predicted molar refractivity (Wildman–Crippen MR) is 202 cm³/mol. The van der Waals surface area contributed by atoms with E-state index in [0.717, 1.165) is 48.0 Å². The van der Waals surface area contributed by atoms with Crippen LogP contribution >= 0.6 is 6.92 Å². The van der Waals surface area contributed by atoms with Gasteiger partial charge in [0.15, 0.2) is 16.6 Å². The maximum atomic E-state index is 13.3. The minimum atomic E-state index is -3.10. The standard InChI is InChI=1S/C29H60O10PS2Si5/c1-23(28(30)33-18-16-25-12-14-26(15-13-25)17-19-40(32)42-41)21-46(10,37-43(3)36-44(4,5)6)39-47(11,38-45(7,8)9)22-24(2)29(31)35-27-20-34-27/h23-27H,12-22H2,1-11H3. The summed E-state index contributed by atoms with van der Waals surface area (Å²) in [7, 11) is -10.7. The first-order chi connectivity index (χ1) is 21.6. The average molecular weight is 804 g/mol. The Balaban J connectivity index is 2.07. The van der Waals surface area contributed by atoms with Crippen LogP contribution < -0.4 is 4.89 Å². The largest absolute Gasteiger partial charge is 0.620 e. The van der Waals surface area contributed by atoms with Gasteiger partial charge in [-0.2, -0.15) is 0 Å². The van der Waals surface area contributed by atoms with Crippen molar-refractivity contribution in [1.82, 2.24) is 0 Å². The number of ether oxygens (including phenoxy) is 3. The highest BCUT2D eigenvalue weighted by atomic mass is 32.9. The van der Waals surface area contributed by atoms with Gasteiger partial charge in [0.05, 0.1) is 18.4 Å². The van der Waals surface area contributed by atoms with E-state index in [2.05, 4.69) is 39.3 Å². The molecular formula is C29H60O10PS2Si5. The van der Waals surface area contributed by atoms with E-state index < -0.39 is 68.1 Å². The summed E-state index contributed by atoms with van der Waals surface area (Å²) in [6.07, 6.45) is 6.58. The van der Waals surface area contributed by atoms with E-state index in [4.69, 9.17) is 41.9 Å². The molecule has 1 aliphatic heterocycles. The highest BCUT2D eigenvalue weighted by molar-refractivity contribution is 8.33. The molecule has 6 unspecified atom stereocenters. The van der Waals surface area contributed by atoms with Crippen LogP contribution in [0.1, 0.15) is 52.4 Å². The average Bonchev–Trinajstić information content (AvgIpc) is 3.73. The molecule has 2 aliphatic rings. The zero-order chi connectivity index (χ0) is 35.6. The summed E-state index contributed by atoms with van der Waals surface area (Å²) in [5, 5.41) is 0. The van der Waals surface area contributed by atoms with Crippen molar-refractivity contribution in [3.05, 3.63) is 0 Å². The molecule has 0 N–H and O–H groups in total. The fraction of sp³-hybridized carbons (Fsp3) is 0.931. The Morgan fingerprint density at radius 1 is 0.872 bits per heavy atom. The third kappa shape index (κ3) is 18.5. The summed E-state index contributed by atoms with van der Waals surface area (Å²) >= 11 is 4.85. The van der Waals surface area contributed by atoms with Crippen molar-refractivity contribution >= 4 is 82.6 Å². The molecule has 0 bridgehead atoms. The van der Waals surface area contributed by atoms with Crippen molar-refractivity contribution in [2.75, 3.05) is 19.4 Å². The van der Waals surface area contributed by atoms with Gasteiger partial charge in [-0.3, -0.25) is 9.59 Å². The number of epoxide rings is 1. The number of carbonyl (C=O) groups is 2. The van der Waals surface area contributed by atoms with Gasteiger partial charge in [0, 0.05) is 23.3 Å². The Labute approximate surface area is 299 Å². The molecule has 1 radical (unpaired) electrons. The SMILES string of the molecule is CC(C[Si](C)(O[Si](C)O[Si](C)(C)C)O[Si](C)(CC(C)C(=O)OC1CO1)O[Si](C)(C)C)C(=O)OCCC1CCC(CC[P+]([O-])=S=S)CC1. The van der Waals surface area contributed by atoms with Crippen molar-refractivity contribution in [1.29, 1.82) is 0 Å². The Morgan fingerprint density at radius 2 is 1.40 bits per heavy atom. The topological polar surface area (TPSA) is 125 Å². The van der Waals surface area contributed by atoms with Gasteiger partial charge in [-0.1, -0.05) is 39.5 Å². The molecule has 0 aromatic carbocycles. The highest BCUT2D eigenvalue weighted by Crippen LogP contribution is 2.35. The first-order valence-electron chi connectivity index (χ1n) is 17.0. The zero-order valence-corrected chi connectivity index (χ0v) is 38.0. The van der Waals surface area contributed by atoms with E-state index in [-0.39, 0.29) is 11.9 Å². The molecule has 1 aliphatic carbocycles. The quantitative estimate of drug-likeness (QED) is 0.0547.